The van der Waals surface area contributed by atoms with E-state index in [4.69, 9.17) is 21.3 Å². The fourth-order valence-corrected chi connectivity index (χ4v) is 6.07. The SMILES string of the molecule is O=S(=O)(Nc1cc(-c2nc(N3CCOCC3)sc2-c2ccnc(Cl)n2)ccc1F)c1cc(F)ccc1F. The van der Waals surface area contributed by atoms with Crippen molar-refractivity contribution in [3.63, 3.8) is 0 Å². The van der Waals surface area contributed by atoms with Crippen molar-refractivity contribution in [3.8, 4) is 21.8 Å². The summed E-state index contributed by atoms with van der Waals surface area (Å²) in [6.07, 6.45) is 1.49. The molecule has 1 aliphatic heterocycles. The molecule has 0 bridgehead atoms. The molecule has 1 N–H and O–H groups in total. The number of halogens is 4. The van der Waals surface area contributed by atoms with E-state index in [-0.39, 0.29) is 5.28 Å². The van der Waals surface area contributed by atoms with Gasteiger partial charge in [-0.05, 0) is 54.1 Å². The lowest BCUT2D eigenvalue weighted by molar-refractivity contribution is 0.122. The molecule has 0 saturated carbocycles. The molecule has 0 unspecified atom stereocenters. The zero-order valence-corrected chi connectivity index (χ0v) is 21.2. The van der Waals surface area contributed by atoms with E-state index in [1.54, 1.807) is 6.07 Å². The van der Waals surface area contributed by atoms with Crippen LogP contribution in [0.5, 0.6) is 0 Å². The summed E-state index contributed by atoms with van der Waals surface area (Å²) in [6, 6.07) is 7.34. The molecule has 37 heavy (non-hydrogen) atoms. The van der Waals surface area contributed by atoms with Gasteiger partial charge < -0.3 is 9.64 Å². The van der Waals surface area contributed by atoms with E-state index in [0.717, 1.165) is 12.1 Å². The lowest BCUT2D eigenvalue weighted by atomic mass is 10.1. The Hall–Kier alpha value is -3.26. The number of aromatic nitrogens is 3. The first-order valence-corrected chi connectivity index (χ1v) is 13.5. The molecule has 5 rings (SSSR count). The van der Waals surface area contributed by atoms with E-state index in [9.17, 15) is 21.6 Å². The van der Waals surface area contributed by atoms with Crippen molar-refractivity contribution in [2.75, 3.05) is 35.9 Å². The lowest BCUT2D eigenvalue weighted by Gasteiger charge is -2.26. The molecule has 14 heteroatoms. The molecule has 2 aromatic carbocycles. The molecule has 0 atom stereocenters. The standard InChI is InChI=1S/C23H17ClF3N5O3S2/c24-22-28-6-5-17(29-22)21-20(30-23(36-21)32-7-9-35-10-8-32)13-1-3-15(26)18(11-13)31-37(33,34)19-12-14(25)2-4-16(19)27/h1-6,11-12,31H,7-10H2. The Bertz CT molecular complexity index is 1580. The van der Waals surface area contributed by atoms with Gasteiger partial charge in [-0.3, -0.25) is 4.72 Å². The third-order valence-electron chi connectivity index (χ3n) is 5.42. The number of thiazole rings is 1. The van der Waals surface area contributed by atoms with Crippen LogP contribution in [0, 0.1) is 17.5 Å². The summed E-state index contributed by atoms with van der Waals surface area (Å²) in [5.74, 6) is -3.05. The molecule has 1 saturated heterocycles. The van der Waals surface area contributed by atoms with Crippen LogP contribution in [0.15, 0.2) is 53.6 Å². The Labute approximate surface area is 218 Å². The molecule has 8 nitrogen and oxygen atoms in total. The summed E-state index contributed by atoms with van der Waals surface area (Å²) in [5, 5.41) is 0.686. The number of benzene rings is 2. The minimum Gasteiger partial charge on any atom is -0.378 e. The maximum Gasteiger partial charge on any atom is 0.265 e. The Morgan fingerprint density at radius 3 is 2.51 bits per heavy atom. The first kappa shape index (κ1) is 25.4. The highest BCUT2D eigenvalue weighted by Crippen LogP contribution is 2.41. The molecular weight excluding hydrogens is 551 g/mol. The number of sulfonamides is 1. The van der Waals surface area contributed by atoms with Crippen LogP contribution in [0.3, 0.4) is 0 Å². The maximum atomic E-state index is 14.7. The smallest absolute Gasteiger partial charge is 0.265 e. The summed E-state index contributed by atoms with van der Waals surface area (Å²) in [4.78, 5) is 14.6. The van der Waals surface area contributed by atoms with Crippen molar-refractivity contribution >= 4 is 43.8 Å². The van der Waals surface area contributed by atoms with Gasteiger partial charge in [-0.25, -0.2) is 36.5 Å². The van der Waals surface area contributed by atoms with Gasteiger partial charge in [0.15, 0.2) is 5.13 Å². The first-order chi connectivity index (χ1) is 17.7. The predicted octanol–water partition coefficient (Wildman–Crippen LogP) is 4.98. The van der Waals surface area contributed by atoms with Crippen molar-refractivity contribution in [2.24, 2.45) is 0 Å². The summed E-state index contributed by atoms with van der Waals surface area (Å²) < 4.78 is 75.4. The second kappa shape index (κ2) is 10.2. The molecule has 192 valence electrons. The van der Waals surface area contributed by atoms with Gasteiger partial charge in [0.1, 0.15) is 22.3 Å². The van der Waals surface area contributed by atoms with Crippen molar-refractivity contribution in [2.45, 2.75) is 4.90 Å². The van der Waals surface area contributed by atoms with Crippen LogP contribution >= 0.6 is 22.9 Å². The van der Waals surface area contributed by atoms with Gasteiger partial charge in [-0.15, -0.1) is 0 Å². The van der Waals surface area contributed by atoms with Gasteiger partial charge >= 0.3 is 0 Å². The molecule has 2 aromatic heterocycles. The topological polar surface area (TPSA) is 97.3 Å². The van der Waals surface area contributed by atoms with Crippen LogP contribution in [0.4, 0.5) is 24.0 Å². The number of hydrogen-bond donors (Lipinski definition) is 1. The Balaban J connectivity index is 1.58. The quantitative estimate of drug-likeness (QED) is 0.328. The number of morpholine rings is 1. The van der Waals surface area contributed by atoms with Crippen LogP contribution in [0.25, 0.3) is 21.8 Å². The van der Waals surface area contributed by atoms with Crippen LogP contribution in [0.1, 0.15) is 0 Å². The fraction of sp³-hybridized carbons (Fsp3) is 0.174. The van der Waals surface area contributed by atoms with Crippen molar-refractivity contribution in [1.82, 2.24) is 15.0 Å². The summed E-state index contributed by atoms with van der Waals surface area (Å²) in [5.41, 5.74) is 0.770. The van der Waals surface area contributed by atoms with E-state index < -0.39 is 38.1 Å². The highest BCUT2D eigenvalue weighted by atomic mass is 35.5. The predicted molar refractivity (Wildman–Crippen MR) is 134 cm³/mol. The number of nitrogens with zero attached hydrogens (tertiary/aromatic N) is 4. The van der Waals surface area contributed by atoms with Gasteiger partial charge in [0, 0.05) is 24.8 Å². The molecule has 3 heterocycles. The average Bonchev–Trinajstić information content (AvgIpc) is 3.33. The molecule has 0 spiro atoms. The molecule has 0 amide bonds. The van der Waals surface area contributed by atoms with E-state index in [2.05, 4.69) is 9.97 Å². The third kappa shape index (κ3) is 5.39. The number of anilines is 2. The van der Waals surface area contributed by atoms with E-state index >= 15 is 0 Å². The maximum absolute atomic E-state index is 14.7. The first-order valence-electron chi connectivity index (χ1n) is 10.8. The molecule has 0 radical (unpaired) electrons. The monoisotopic (exact) mass is 567 g/mol. The number of ether oxygens (including phenoxy) is 1. The molecule has 1 aliphatic rings. The van der Waals surface area contributed by atoms with Gasteiger partial charge in [-0.1, -0.05) is 11.3 Å². The summed E-state index contributed by atoms with van der Waals surface area (Å²) in [7, 11) is -4.65. The minimum absolute atomic E-state index is 0.0226. The average molecular weight is 568 g/mol. The van der Waals surface area contributed by atoms with Gasteiger partial charge in [-0.2, -0.15) is 0 Å². The second-order valence-electron chi connectivity index (χ2n) is 7.86. The third-order valence-corrected chi connectivity index (χ3v) is 8.12. The highest BCUT2D eigenvalue weighted by molar-refractivity contribution is 7.92. The second-order valence-corrected chi connectivity index (χ2v) is 10.8. The van der Waals surface area contributed by atoms with E-state index in [1.807, 2.05) is 9.62 Å². The van der Waals surface area contributed by atoms with E-state index in [0.29, 0.717) is 65.4 Å². The van der Waals surface area contributed by atoms with Crippen LogP contribution < -0.4 is 9.62 Å². The molecule has 1 fully saturated rings. The van der Waals surface area contributed by atoms with Gasteiger partial charge in [0.05, 0.1) is 35.2 Å². The lowest BCUT2D eigenvalue weighted by Crippen LogP contribution is -2.36. The molecular formula is C23H17ClF3N5O3S2. The molecule has 0 aliphatic carbocycles. The largest absolute Gasteiger partial charge is 0.378 e. The van der Waals surface area contributed by atoms with Crippen LogP contribution in [-0.4, -0.2) is 49.7 Å². The zero-order chi connectivity index (χ0) is 26.2. The fourth-order valence-electron chi connectivity index (χ4n) is 3.66. The number of nitrogens with one attached hydrogen (secondary N) is 1. The summed E-state index contributed by atoms with van der Waals surface area (Å²) in [6.45, 7) is 2.29. The Morgan fingerprint density at radius 2 is 1.76 bits per heavy atom. The van der Waals surface area contributed by atoms with Crippen molar-refractivity contribution < 1.29 is 26.3 Å². The number of rotatable bonds is 6. The van der Waals surface area contributed by atoms with Crippen molar-refractivity contribution in [1.29, 1.82) is 0 Å². The van der Waals surface area contributed by atoms with Gasteiger partial charge in [0.2, 0.25) is 5.28 Å². The van der Waals surface area contributed by atoms with Gasteiger partial charge in [0.25, 0.3) is 10.0 Å². The normalized spacial score (nSPS) is 14.1. The Morgan fingerprint density at radius 1 is 1.00 bits per heavy atom. The van der Waals surface area contributed by atoms with Crippen LogP contribution in [-0.2, 0) is 14.8 Å². The van der Waals surface area contributed by atoms with Crippen molar-refractivity contribution in [3.05, 3.63) is 71.4 Å². The number of hydrogen-bond acceptors (Lipinski definition) is 8. The zero-order valence-electron chi connectivity index (χ0n) is 18.8. The molecule has 4 aromatic rings. The highest BCUT2D eigenvalue weighted by Gasteiger charge is 2.25. The van der Waals surface area contributed by atoms with E-state index in [1.165, 1.54) is 29.7 Å². The van der Waals surface area contributed by atoms with Crippen LogP contribution in [0.2, 0.25) is 5.28 Å². The minimum atomic E-state index is -4.65. The summed E-state index contributed by atoms with van der Waals surface area (Å²) >= 11 is 7.33. The Kier molecular flexibility index (Phi) is 7.03.